The zero-order valence-corrected chi connectivity index (χ0v) is 19.5. The maximum atomic E-state index is 4.40. The highest BCUT2D eigenvalue weighted by Gasteiger charge is 2.19. The Morgan fingerprint density at radius 3 is 2.27 bits per heavy atom. The van der Waals surface area contributed by atoms with Gasteiger partial charge in [0.25, 0.3) is 0 Å². The largest absolute Gasteiger partial charge is 0.356 e. The molecule has 0 radical (unpaired) electrons. The van der Waals surface area contributed by atoms with E-state index in [0.29, 0.717) is 6.04 Å². The lowest BCUT2D eigenvalue weighted by Crippen LogP contribution is -2.48. The number of hydrogen-bond acceptors (Lipinski definition) is 3. The standard InChI is InChI=1S/C20H41N5.HI/c1-3-13-24-17-10-19(11-18-24)23-20(21-2)22-12-6-4-7-14-25-15-8-5-9-16-25;/h19H,3-18H2,1-2H3,(H2,21,22,23);1H. The Bertz CT molecular complexity index is 363. The van der Waals surface area contributed by atoms with Crippen LogP contribution in [0, 0.1) is 0 Å². The molecule has 2 fully saturated rings. The van der Waals surface area contributed by atoms with E-state index in [4.69, 9.17) is 0 Å². The fourth-order valence-electron chi connectivity index (χ4n) is 4.03. The van der Waals surface area contributed by atoms with E-state index in [9.17, 15) is 0 Å². The Morgan fingerprint density at radius 1 is 0.923 bits per heavy atom. The van der Waals surface area contributed by atoms with E-state index in [1.165, 1.54) is 97.1 Å². The normalized spacial score (nSPS) is 20.6. The molecule has 154 valence electrons. The minimum atomic E-state index is 0. The van der Waals surface area contributed by atoms with Gasteiger partial charge in [-0.1, -0.05) is 19.8 Å². The van der Waals surface area contributed by atoms with Gasteiger partial charge in [0.1, 0.15) is 0 Å². The molecule has 0 bridgehead atoms. The van der Waals surface area contributed by atoms with Crippen LogP contribution in [0.3, 0.4) is 0 Å². The summed E-state index contributed by atoms with van der Waals surface area (Å²) >= 11 is 0. The van der Waals surface area contributed by atoms with Crippen molar-refractivity contribution < 1.29 is 0 Å². The van der Waals surface area contributed by atoms with Crippen LogP contribution in [0.1, 0.15) is 64.7 Å². The molecule has 2 aliphatic rings. The highest BCUT2D eigenvalue weighted by atomic mass is 127. The maximum Gasteiger partial charge on any atom is 0.191 e. The lowest BCUT2D eigenvalue weighted by atomic mass is 10.1. The van der Waals surface area contributed by atoms with Gasteiger partial charge < -0.3 is 20.4 Å². The molecule has 2 rings (SSSR count). The fraction of sp³-hybridized carbons (Fsp3) is 0.950. The predicted octanol–water partition coefficient (Wildman–Crippen LogP) is 3.30. The minimum absolute atomic E-state index is 0. The average Bonchev–Trinajstić information content (AvgIpc) is 2.66. The molecule has 0 aromatic rings. The topological polar surface area (TPSA) is 42.9 Å². The summed E-state index contributed by atoms with van der Waals surface area (Å²) < 4.78 is 0. The van der Waals surface area contributed by atoms with Crippen molar-refractivity contribution >= 4 is 29.9 Å². The first-order chi connectivity index (χ1) is 12.3. The molecule has 0 aliphatic carbocycles. The van der Waals surface area contributed by atoms with Crippen LogP contribution >= 0.6 is 24.0 Å². The predicted molar refractivity (Wildman–Crippen MR) is 124 cm³/mol. The summed E-state index contributed by atoms with van der Waals surface area (Å²) in [6, 6.07) is 0.582. The van der Waals surface area contributed by atoms with Gasteiger partial charge in [-0.25, -0.2) is 0 Å². The molecule has 2 saturated heterocycles. The molecule has 0 spiro atoms. The van der Waals surface area contributed by atoms with Crippen LogP contribution in [0.25, 0.3) is 0 Å². The van der Waals surface area contributed by atoms with Gasteiger partial charge in [-0.2, -0.15) is 0 Å². The highest BCUT2D eigenvalue weighted by Crippen LogP contribution is 2.11. The molecular weight excluding hydrogens is 437 g/mol. The van der Waals surface area contributed by atoms with E-state index in [1.807, 2.05) is 7.05 Å². The van der Waals surface area contributed by atoms with Crippen molar-refractivity contribution in [1.82, 2.24) is 20.4 Å². The molecular formula is C20H42IN5. The van der Waals surface area contributed by atoms with Crippen molar-refractivity contribution in [3.63, 3.8) is 0 Å². The average molecular weight is 479 g/mol. The third kappa shape index (κ3) is 9.74. The summed E-state index contributed by atoms with van der Waals surface area (Å²) in [5.74, 6) is 0.991. The maximum absolute atomic E-state index is 4.40. The van der Waals surface area contributed by atoms with Crippen LogP contribution in [0.5, 0.6) is 0 Å². The van der Waals surface area contributed by atoms with E-state index in [0.717, 1.165) is 12.5 Å². The van der Waals surface area contributed by atoms with Crippen molar-refractivity contribution in [3.8, 4) is 0 Å². The molecule has 5 nitrogen and oxygen atoms in total. The SMILES string of the molecule is CCCN1CCC(NC(=NC)NCCCCCN2CCCCC2)CC1.I. The first-order valence-electron chi connectivity index (χ1n) is 10.7. The Hall–Kier alpha value is -0.0800. The molecule has 0 aromatic carbocycles. The molecule has 0 atom stereocenters. The number of guanidine groups is 1. The van der Waals surface area contributed by atoms with Crippen LogP contribution < -0.4 is 10.6 Å². The van der Waals surface area contributed by atoms with Crippen LogP contribution in [0.15, 0.2) is 4.99 Å². The first kappa shape index (κ1) is 24.0. The Morgan fingerprint density at radius 2 is 1.62 bits per heavy atom. The number of nitrogens with zero attached hydrogens (tertiary/aromatic N) is 3. The number of hydrogen-bond donors (Lipinski definition) is 2. The molecule has 0 saturated carbocycles. The summed E-state index contributed by atoms with van der Waals surface area (Å²) in [7, 11) is 1.89. The molecule has 2 aliphatic heterocycles. The van der Waals surface area contributed by atoms with E-state index in [1.54, 1.807) is 0 Å². The summed E-state index contributed by atoms with van der Waals surface area (Å²) in [6.07, 6.45) is 11.9. The third-order valence-corrected chi connectivity index (χ3v) is 5.58. The summed E-state index contributed by atoms with van der Waals surface area (Å²) in [5, 5.41) is 7.12. The summed E-state index contributed by atoms with van der Waals surface area (Å²) in [4.78, 5) is 9.62. The number of likely N-dealkylation sites (tertiary alicyclic amines) is 2. The third-order valence-electron chi connectivity index (χ3n) is 5.58. The van der Waals surface area contributed by atoms with Crippen molar-refractivity contribution in [2.45, 2.75) is 70.8 Å². The lowest BCUT2D eigenvalue weighted by Gasteiger charge is -2.32. The minimum Gasteiger partial charge on any atom is -0.356 e. The summed E-state index contributed by atoms with van der Waals surface area (Å²) in [6.45, 7) is 10.9. The highest BCUT2D eigenvalue weighted by molar-refractivity contribution is 14.0. The van der Waals surface area contributed by atoms with Crippen LogP contribution in [0.4, 0.5) is 0 Å². The number of unbranched alkanes of at least 4 members (excludes halogenated alkanes) is 2. The van der Waals surface area contributed by atoms with Gasteiger partial charge in [0.15, 0.2) is 5.96 Å². The number of piperidine rings is 2. The smallest absolute Gasteiger partial charge is 0.191 e. The zero-order valence-electron chi connectivity index (χ0n) is 17.1. The van der Waals surface area contributed by atoms with Gasteiger partial charge in [0, 0.05) is 32.7 Å². The second-order valence-electron chi connectivity index (χ2n) is 7.72. The number of halogens is 1. The van der Waals surface area contributed by atoms with Crippen molar-refractivity contribution in [3.05, 3.63) is 0 Å². The van der Waals surface area contributed by atoms with Crippen LogP contribution in [-0.2, 0) is 0 Å². The quantitative estimate of drug-likeness (QED) is 0.231. The van der Waals surface area contributed by atoms with E-state index in [2.05, 4.69) is 32.3 Å². The van der Waals surface area contributed by atoms with Gasteiger partial charge in [-0.15, -0.1) is 24.0 Å². The van der Waals surface area contributed by atoms with Gasteiger partial charge in [0.2, 0.25) is 0 Å². The Labute approximate surface area is 178 Å². The van der Waals surface area contributed by atoms with Crippen molar-refractivity contribution in [1.29, 1.82) is 0 Å². The molecule has 0 amide bonds. The molecule has 6 heteroatoms. The second kappa shape index (κ2) is 14.9. The lowest BCUT2D eigenvalue weighted by molar-refractivity contribution is 0.206. The monoisotopic (exact) mass is 479 g/mol. The Kier molecular flexibility index (Phi) is 13.7. The molecule has 0 aromatic heterocycles. The number of aliphatic imine (C=N–C) groups is 1. The number of rotatable bonds is 9. The van der Waals surface area contributed by atoms with Gasteiger partial charge in [0.05, 0.1) is 0 Å². The number of nitrogens with one attached hydrogen (secondary N) is 2. The van der Waals surface area contributed by atoms with Crippen molar-refractivity contribution in [2.24, 2.45) is 4.99 Å². The molecule has 2 N–H and O–H groups in total. The Balaban J connectivity index is 0.00000338. The van der Waals surface area contributed by atoms with Gasteiger partial charge in [-0.3, -0.25) is 4.99 Å². The van der Waals surface area contributed by atoms with E-state index in [-0.39, 0.29) is 24.0 Å². The summed E-state index contributed by atoms with van der Waals surface area (Å²) in [5.41, 5.74) is 0. The van der Waals surface area contributed by atoms with Crippen LogP contribution in [0.2, 0.25) is 0 Å². The molecule has 26 heavy (non-hydrogen) atoms. The van der Waals surface area contributed by atoms with Crippen LogP contribution in [-0.4, -0.2) is 74.7 Å². The fourth-order valence-corrected chi connectivity index (χ4v) is 4.03. The zero-order chi connectivity index (χ0) is 17.7. The van der Waals surface area contributed by atoms with E-state index >= 15 is 0 Å². The first-order valence-corrected chi connectivity index (χ1v) is 10.7. The molecule has 0 unspecified atom stereocenters. The second-order valence-corrected chi connectivity index (χ2v) is 7.72. The van der Waals surface area contributed by atoms with Crippen molar-refractivity contribution in [2.75, 3.05) is 52.9 Å². The van der Waals surface area contributed by atoms with Gasteiger partial charge in [-0.05, 0) is 71.1 Å². The molecule has 2 heterocycles. The van der Waals surface area contributed by atoms with E-state index < -0.39 is 0 Å². The van der Waals surface area contributed by atoms with Gasteiger partial charge >= 0.3 is 0 Å².